The quantitative estimate of drug-likeness (QED) is 0.865. The van der Waals surface area contributed by atoms with Crippen molar-refractivity contribution in [3.8, 4) is 0 Å². The van der Waals surface area contributed by atoms with Gasteiger partial charge < -0.3 is 10.2 Å². The Morgan fingerprint density at radius 3 is 2.57 bits per heavy atom. The fourth-order valence-electron chi connectivity index (χ4n) is 2.58. The molecule has 0 aromatic heterocycles. The van der Waals surface area contributed by atoms with Crippen LogP contribution in [0.2, 0.25) is 5.02 Å². The summed E-state index contributed by atoms with van der Waals surface area (Å²) in [5.41, 5.74) is 1.35. The number of anilines is 1. The van der Waals surface area contributed by atoms with Crippen LogP contribution in [0.3, 0.4) is 0 Å². The summed E-state index contributed by atoms with van der Waals surface area (Å²) < 4.78 is 0.733. The molecule has 2 aromatic rings. The molecule has 4 nitrogen and oxygen atoms in total. The summed E-state index contributed by atoms with van der Waals surface area (Å²) >= 11 is 9.23. The highest BCUT2D eigenvalue weighted by atomic mass is 79.9. The van der Waals surface area contributed by atoms with E-state index in [0.717, 1.165) is 10.2 Å². The Kier molecular flexibility index (Phi) is 4.68. The zero-order valence-corrected chi connectivity index (χ0v) is 14.5. The monoisotopic (exact) mass is 392 g/mol. The van der Waals surface area contributed by atoms with E-state index < -0.39 is 0 Å². The zero-order chi connectivity index (χ0) is 16.4. The van der Waals surface area contributed by atoms with Crippen molar-refractivity contribution in [2.24, 2.45) is 0 Å². The Morgan fingerprint density at radius 2 is 1.87 bits per heavy atom. The van der Waals surface area contributed by atoms with Gasteiger partial charge in [-0.3, -0.25) is 9.59 Å². The molecule has 2 aromatic carbocycles. The maximum Gasteiger partial charge on any atom is 0.252 e. The van der Waals surface area contributed by atoms with Crippen LogP contribution < -0.4 is 10.2 Å². The minimum absolute atomic E-state index is 0.00949. The van der Waals surface area contributed by atoms with Crippen molar-refractivity contribution in [2.75, 3.05) is 11.4 Å². The van der Waals surface area contributed by atoms with E-state index in [1.807, 2.05) is 12.1 Å². The van der Waals surface area contributed by atoms with Gasteiger partial charge in [0.2, 0.25) is 5.91 Å². The Hall–Kier alpha value is -1.85. The summed E-state index contributed by atoms with van der Waals surface area (Å²) in [5.74, 6) is -0.196. The molecule has 1 fully saturated rings. The molecule has 1 N–H and O–H groups in total. The largest absolute Gasteiger partial charge is 0.347 e. The third-order valence-electron chi connectivity index (χ3n) is 3.72. The minimum Gasteiger partial charge on any atom is -0.347 e. The average molecular weight is 394 g/mol. The molecular weight excluding hydrogens is 380 g/mol. The van der Waals surface area contributed by atoms with E-state index in [1.165, 1.54) is 0 Å². The lowest BCUT2D eigenvalue weighted by Gasteiger charge is -2.17. The topological polar surface area (TPSA) is 49.4 Å². The normalized spacial score (nSPS) is 17.4. The van der Waals surface area contributed by atoms with Gasteiger partial charge in [0.05, 0.1) is 11.6 Å². The van der Waals surface area contributed by atoms with Crippen LogP contribution in [0.15, 0.2) is 53.0 Å². The summed E-state index contributed by atoms with van der Waals surface area (Å²) in [5, 5.41) is 3.54. The highest BCUT2D eigenvalue weighted by Crippen LogP contribution is 2.24. The molecule has 0 radical (unpaired) electrons. The number of amides is 2. The molecule has 118 valence electrons. The van der Waals surface area contributed by atoms with Gasteiger partial charge in [0.25, 0.3) is 5.91 Å². The predicted molar refractivity (Wildman–Crippen MR) is 93.8 cm³/mol. The number of hydrogen-bond donors (Lipinski definition) is 1. The fraction of sp³-hybridized carbons (Fsp3) is 0.176. The van der Waals surface area contributed by atoms with Crippen molar-refractivity contribution in [1.29, 1.82) is 0 Å². The molecule has 3 rings (SSSR count). The maximum absolute atomic E-state index is 12.3. The maximum atomic E-state index is 12.3. The van der Waals surface area contributed by atoms with Gasteiger partial charge in [-0.1, -0.05) is 23.7 Å². The van der Waals surface area contributed by atoms with E-state index in [4.69, 9.17) is 11.6 Å². The van der Waals surface area contributed by atoms with Gasteiger partial charge in [-0.25, -0.2) is 0 Å². The van der Waals surface area contributed by atoms with Crippen molar-refractivity contribution in [3.05, 3.63) is 63.6 Å². The van der Waals surface area contributed by atoms with Crippen LogP contribution in [-0.2, 0) is 4.79 Å². The van der Waals surface area contributed by atoms with E-state index in [9.17, 15) is 9.59 Å². The van der Waals surface area contributed by atoms with Crippen LogP contribution >= 0.6 is 27.5 Å². The molecule has 1 aliphatic rings. The van der Waals surface area contributed by atoms with Crippen molar-refractivity contribution in [3.63, 3.8) is 0 Å². The van der Waals surface area contributed by atoms with Crippen molar-refractivity contribution >= 4 is 45.0 Å². The first-order valence-electron chi connectivity index (χ1n) is 7.16. The van der Waals surface area contributed by atoms with Crippen LogP contribution in [-0.4, -0.2) is 24.4 Å². The van der Waals surface area contributed by atoms with E-state index in [-0.39, 0.29) is 17.9 Å². The Balaban J connectivity index is 1.69. The van der Waals surface area contributed by atoms with E-state index in [0.29, 0.717) is 23.6 Å². The second-order valence-electron chi connectivity index (χ2n) is 5.34. The highest BCUT2D eigenvalue weighted by molar-refractivity contribution is 9.10. The summed E-state index contributed by atoms with van der Waals surface area (Å²) in [4.78, 5) is 26.2. The van der Waals surface area contributed by atoms with Crippen molar-refractivity contribution in [1.82, 2.24) is 5.32 Å². The molecule has 1 heterocycles. The lowest BCUT2D eigenvalue weighted by atomic mass is 10.2. The molecule has 2 amide bonds. The number of halogens is 2. The number of nitrogens with zero attached hydrogens (tertiary/aromatic N) is 1. The molecule has 0 saturated carbocycles. The van der Waals surface area contributed by atoms with E-state index in [2.05, 4.69) is 21.2 Å². The Labute approximate surface area is 147 Å². The highest BCUT2D eigenvalue weighted by Gasteiger charge is 2.31. The summed E-state index contributed by atoms with van der Waals surface area (Å²) in [6.07, 6.45) is 0.290. The Morgan fingerprint density at radius 1 is 1.17 bits per heavy atom. The number of carbonyl (C=O) groups is 2. The molecule has 1 atom stereocenters. The lowest BCUT2D eigenvalue weighted by Crippen LogP contribution is -2.37. The standard InChI is InChI=1S/C17H14BrClN2O2/c18-15-4-2-1-3-14(15)17(23)20-12-9-16(22)21(10-12)13-7-5-11(19)6-8-13/h1-8,12H,9-10H2,(H,20,23)/t12-/m0/s1. The van der Waals surface area contributed by atoms with Crippen LogP contribution in [0.5, 0.6) is 0 Å². The van der Waals surface area contributed by atoms with Gasteiger partial charge in [-0.05, 0) is 52.3 Å². The molecule has 1 aliphatic heterocycles. The van der Waals surface area contributed by atoms with Crippen LogP contribution in [0.1, 0.15) is 16.8 Å². The van der Waals surface area contributed by atoms with Gasteiger partial charge in [-0.2, -0.15) is 0 Å². The van der Waals surface area contributed by atoms with Crippen LogP contribution in [0.25, 0.3) is 0 Å². The third kappa shape index (κ3) is 3.57. The third-order valence-corrected chi connectivity index (χ3v) is 4.66. The number of carbonyl (C=O) groups excluding carboxylic acids is 2. The molecule has 0 spiro atoms. The van der Waals surface area contributed by atoms with Crippen molar-refractivity contribution in [2.45, 2.75) is 12.5 Å². The zero-order valence-electron chi connectivity index (χ0n) is 12.1. The fourth-order valence-corrected chi connectivity index (χ4v) is 3.17. The number of hydrogen-bond acceptors (Lipinski definition) is 2. The SMILES string of the molecule is O=C(N[C@H]1CC(=O)N(c2ccc(Cl)cc2)C1)c1ccccc1Br. The van der Waals surface area contributed by atoms with Gasteiger partial charge in [0.1, 0.15) is 0 Å². The molecule has 23 heavy (non-hydrogen) atoms. The summed E-state index contributed by atoms with van der Waals surface area (Å²) in [6.45, 7) is 0.455. The second kappa shape index (κ2) is 6.72. The molecule has 0 bridgehead atoms. The second-order valence-corrected chi connectivity index (χ2v) is 6.63. The number of nitrogens with one attached hydrogen (secondary N) is 1. The first-order valence-corrected chi connectivity index (χ1v) is 8.33. The lowest BCUT2D eigenvalue weighted by molar-refractivity contribution is -0.117. The molecular formula is C17H14BrClN2O2. The first kappa shape index (κ1) is 16.0. The number of rotatable bonds is 3. The van der Waals surface area contributed by atoms with E-state index in [1.54, 1.807) is 41.3 Å². The average Bonchev–Trinajstić information content (AvgIpc) is 2.89. The molecule has 0 unspecified atom stereocenters. The number of benzene rings is 2. The molecule has 6 heteroatoms. The van der Waals surface area contributed by atoms with Gasteiger partial charge in [0, 0.05) is 28.1 Å². The minimum atomic E-state index is -0.210. The Bertz CT molecular complexity index is 749. The summed E-state index contributed by atoms with van der Waals surface area (Å²) in [7, 11) is 0. The van der Waals surface area contributed by atoms with Gasteiger partial charge >= 0.3 is 0 Å². The van der Waals surface area contributed by atoms with E-state index >= 15 is 0 Å². The molecule has 1 saturated heterocycles. The van der Waals surface area contributed by atoms with Crippen LogP contribution in [0, 0.1) is 0 Å². The molecule has 0 aliphatic carbocycles. The first-order chi connectivity index (χ1) is 11.0. The predicted octanol–water partition coefficient (Wildman–Crippen LogP) is 3.64. The van der Waals surface area contributed by atoms with Crippen LogP contribution in [0.4, 0.5) is 5.69 Å². The van der Waals surface area contributed by atoms with Gasteiger partial charge in [-0.15, -0.1) is 0 Å². The van der Waals surface area contributed by atoms with Gasteiger partial charge in [0.15, 0.2) is 0 Å². The summed E-state index contributed by atoms with van der Waals surface area (Å²) in [6, 6.07) is 14.1. The van der Waals surface area contributed by atoms with Crippen molar-refractivity contribution < 1.29 is 9.59 Å². The smallest absolute Gasteiger partial charge is 0.252 e.